The van der Waals surface area contributed by atoms with Gasteiger partial charge in [0.1, 0.15) is 5.82 Å². The summed E-state index contributed by atoms with van der Waals surface area (Å²) in [5, 5.41) is 9.15. The van der Waals surface area contributed by atoms with Gasteiger partial charge in [0.15, 0.2) is 0 Å². The fourth-order valence-corrected chi connectivity index (χ4v) is 4.24. The van der Waals surface area contributed by atoms with E-state index < -0.39 is 22.4 Å². The number of rotatable bonds is 3. The van der Waals surface area contributed by atoms with Crippen LogP contribution >= 0.6 is 0 Å². The molecule has 2 rings (SSSR count). The Hall–Kier alpha value is -1.02. The summed E-state index contributed by atoms with van der Waals surface area (Å²) in [6.45, 7) is 4.42. The van der Waals surface area contributed by atoms with E-state index in [1.165, 1.54) is 23.4 Å². The minimum absolute atomic E-state index is 0.0525. The van der Waals surface area contributed by atoms with Crippen LogP contribution in [0.15, 0.2) is 17.0 Å². The molecule has 0 amide bonds. The van der Waals surface area contributed by atoms with E-state index in [1.807, 2.05) is 14.0 Å². The molecule has 1 fully saturated rings. The van der Waals surface area contributed by atoms with Crippen molar-refractivity contribution in [1.29, 1.82) is 0 Å². The highest BCUT2D eigenvalue weighted by molar-refractivity contribution is 7.89. The number of hydrogen-bond acceptors (Lipinski definition) is 4. The van der Waals surface area contributed by atoms with Gasteiger partial charge in [-0.2, -0.15) is 4.31 Å². The number of likely N-dealkylation sites (N-methyl/N-ethyl adjacent to an activating group) is 1. The van der Waals surface area contributed by atoms with Crippen LogP contribution in [0, 0.1) is 12.7 Å². The van der Waals surface area contributed by atoms with Gasteiger partial charge in [-0.3, -0.25) is 0 Å². The van der Waals surface area contributed by atoms with E-state index in [0.717, 1.165) is 0 Å². The number of piperazine rings is 1. The molecule has 1 atom stereocenters. The second kappa shape index (κ2) is 6.00. The van der Waals surface area contributed by atoms with Crippen molar-refractivity contribution in [3.05, 3.63) is 29.1 Å². The molecule has 0 aromatic heterocycles. The number of sulfonamides is 1. The van der Waals surface area contributed by atoms with Gasteiger partial charge in [-0.05, 0) is 38.6 Å². The monoisotopic (exact) mass is 316 g/mol. The van der Waals surface area contributed by atoms with E-state index in [0.29, 0.717) is 19.6 Å². The standard InChI is InChI=1S/C14H21FN2O3S/c1-10-8-17(5-4-16(10)3)21(19,20)14-7-12(9-18)6-13(15)11(14)2/h6-7,10,18H,4-5,8-9H2,1-3H3. The van der Waals surface area contributed by atoms with Crippen LogP contribution in [0.2, 0.25) is 0 Å². The first-order valence-electron chi connectivity index (χ1n) is 6.87. The fraction of sp³-hybridized carbons (Fsp3) is 0.571. The van der Waals surface area contributed by atoms with E-state index in [4.69, 9.17) is 5.11 Å². The van der Waals surface area contributed by atoms with Gasteiger partial charge in [0.05, 0.1) is 11.5 Å². The van der Waals surface area contributed by atoms with Gasteiger partial charge in [0.2, 0.25) is 10.0 Å². The van der Waals surface area contributed by atoms with Crippen molar-refractivity contribution in [2.45, 2.75) is 31.4 Å². The second-order valence-electron chi connectivity index (χ2n) is 5.55. The molecule has 0 bridgehead atoms. The molecular formula is C14H21FN2O3S. The highest BCUT2D eigenvalue weighted by atomic mass is 32.2. The number of aliphatic hydroxyl groups excluding tert-OH is 1. The van der Waals surface area contributed by atoms with Crippen molar-refractivity contribution >= 4 is 10.0 Å². The number of benzene rings is 1. The number of aliphatic hydroxyl groups is 1. The molecule has 1 aromatic rings. The van der Waals surface area contributed by atoms with E-state index in [-0.39, 0.29) is 22.1 Å². The van der Waals surface area contributed by atoms with Crippen molar-refractivity contribution in [2.75, 3.05) is 26.7 Å². The third kappa shape index (κ3) is 3.11. The first-order valence-corrected chi connectivity index (χ1v) is 8.31. The summed E-state index contributed by atoms with van der Waals surface area (Å²) in [4.78, 5) is 2.03. The summed E-state index contributed by atoms with van der Waals surface area (Å²) >= 11 is 0. The average molecular weight is 316 g/mol. The Morgan fingerprint density at radius 2 is 2.05 bits per heavy atom. The zero-order valence-corrected chi connectivity index (χ0v) is 13.3. The van der Waals surface area contributed by atoms with Gasteiger partial charge < -0.3 is 10.0 Å². The first-order chi connectivity index (χ1) is 9.77. The van der Waals surface area contributed by atoms with E-state index in [2.05, 4.69) is 4.90 Å². The maximum atomic E-state index is 13.9. The first kappa shape index (κ1) is 16.4. The van der Waals surface area contributed by atoms with Crippen molar-refractivity contribution in [3.8, 4) is 0 Å². The molecular weight excluding hydrogens is 295 g/mol. The molecule has 1 heterocycles. The highest BCUT2D eigenvalue weighted by Crippen LogP contribution is 2.25. The van der Waals surface area contributed by atoms with Gasteiger partial charge in [0, 0.05) is 31.2 Å². The van der Waals surface area contributed by atoms with E-state index >= 15 is 0 Å². The third-order valence-corrected chi connectivity index (χ3v) is 6.07. The summed E-state index contributed by atoms with van der Waals surface area (Å²) in [6.07, 6.45) is 0. The predicted octanol–water partition coefficient (Wildman–Crippen LogP) is 0.951. The van der Waals surface area contributed by atoms with E-state index in [1.54, 1.807) is 0 Å². The minimum Gasteiger partial charge on any atom is -0.392 e. The summed E-state index contributed by atoms with van der Waals surface area (Å²) < 4.78 is 40.7. The highest BCUT2D eigenvalue weighted by Gasteiger charge is 2.32. The molecule has 1 N–H and O–H groups in total. The van der Waals surface area contributed by atoms with Crippen molar-refractivity contribution in [3.63, 3.8) is 0 Å². The van der Waals surface area contributed by atoms with Crippen LogP contribution in [0.25, 0.3) is 0 Å². The number of nitrogens with zero attached hydrogens (tertiary/aromatic N) is 2. The summed E-state index contributed by atoms with van der Waals surface area (Å²) in [5.41, 5.74) is 0.359. The maximum Gasteiger partial charge on any atom is 0.243 e. The van der Waals surface area contributed by atoms with Gasteiger partial charge in [-0.1, -0.05) is 0 Å². The third-order valence-electron chi connectivity index (χ3n) is 4.08. The topological polar surface area (TPSA) is 60.9 Å². The molecule has 5 nitrogen and oxygen atoms in total. The molecule has 0 aliphatic carbocycles. The van der Waals surface area contributed by atoms with Crippen molar-refractivity contribution in [2.24, 2.45) is 0 Å². The molecule has 0 spiro atoms. The predicted molar refractivity (Wildman–Crippen MR) is 77.9 cm³/mol. The molecule has 1 aliphatic rings. The number of halogens is 1. The largest absolute Gasteiger partial charge is 0.392 e. The molecule has 21 heavy (non-hydrogen) atoms. The molecule has 1 aromatic carbocycles. The molecule has 0 saturated carbocycles. The molecule has 118 valence electrons. The smallest absolute Gasteiger partial charge is 0.243 e. The van der Waals surface area contributed by atoms with Crippen LogP contribution in [0.1, 0.15) is 18.1 Å². The Balaban J connectivity index is 2.42. The lowest BCUT2D eigenvalue weighted by atomic mass is 10.1. The van der Waals surface area contributed by atoms with E-state index in [9.17, 15) is 12.8 Å². The molecule has 0 radical (unpaired) electrons. The Morgan fingerprint density at radius 3 is 2.62 bits per heavy atom. The maximum absolute atomic E-state index is 13.9. The Morgan fingerprint density at radius 1 is 1.38 bits per heavy atom. The normalized spacial score (nSPS) is 21.7. The quantitative estimate of drug-likeness (QED) is 0.902. The summed E-state index contributed by atoms with van der Waals surface area (Å²) in [7, 11) is -1.80. The van der Waals surface area contributed by atoms with Crippen LogP contribution < -0.4 is 0 Å². The fourth-order valence-electron chi connectivity index (χ4n) is 2.44. The molecule has 7 heteroatoms. The lowest BCUT2D eigenvalue weighted by molar-refractivity contribution is 0.159. The van der Waals surface area contributed by atoms with Gasteiger partial charge >= 0.3 is 0 Å². The Bertz CT molecular complexity index is 633. The summed E-state index contributed by atoms with van der Waals surface area (Å²) in [6, 6.07) is 2.64. The zero-order valence-electron chi connectivity index (χ0n) is 12.5. The lowest BCUT2D eigenvalue weighted by Crippen LogP contribution is -2.51. The average Bonchev–Trinajstić information content (AvgIpc) is 2.44. The molecule has 1 saturated heterocycles. The van der Waals surface area contributed by atoms with Crippen molar-refractivity contribution in [1.82, 2.24) is 9.21 Å². The number of hydrogen-bond donors (Lipinski definition) is 1. The van der Waals surface area contributed by atoms with Crippen molar-refractivity contribution < 1.29 is 17.9 Å². The van der Waals surface area contributed by atoms with Crippen LogP contribution in [0.4, 0.5) is 4.39 Å². The van der Waals surface area contributed by atoms with Crippen LogP contribution in [0.5, 0.6) is 0 Å². The zero-order chi connectivity index (χ0) is 15.8. The van der Waals surface area contributed by atoms with Gasteiger partial charge in [-0.25, -0.2) is 12.8 Å². The minimum atomic E-state index is -3.75. The van der Waals surface area contributed by atoms with Gasteiger partial charge in [0.25, 0.3) is 0 Å². The van der Waals surface area contributed by atoms with Crippen LogP contribution in [-0.4, -0.2) is 55.5 Å². The van der Waals surface area contributed by atoms with Crippen LogP contribution in [0.3, 0.4) is 0 Å². The second-order valence-corrected chi connectivity index (χ2v) is 7.46. The van der Waals surface area contributed by atoms with Gasteiger partial charge in [-0.15, -0.1) is 0 Å². The van der Waals surface area contributed by atoms with Crippen LogP contribution in [-0.2, 0) is 16.6 Å². The summed E-state index contributed by atoms with van der Waals surface area (Å²) in [5.74, 6) is -0.609. The lowest BCUT2D eigenvalue weighted by Gasteiger charge is -2.37. The molecule has 1 unspecified atom stereocenters. The Kier molecular flexibility index (Phi) is 4.67. The Labute approximate surface area is 125 Å². The molecule has 1 aliphatic heterocycles. The SMILES string of the molecule is Cc1c(F)cc(CO)cc1S(=O)(=O)N1CCN(C)C(C)C1.